The molecule has 4 aliphatic heterocycles. The third-order valence-electron chi connectivity index (χ3n) is 6.16. The van der Waals surface area contributed by atoms with E-state index in [0.717, 1.165) is 31.7 Å². The van der Waals surface area contributed by atoms with Crippen LogP contribution in [0, 0.1) is 0 Å². The second-order valence-electron chi connectivity index (χ2n) is 7.77. The molecule has 28 heavy (non-hydrogen) atoms. The largest absolute Gasteiger partial charge is 0.355 e. The molecular weight excluding hydrogens is 364 g/mol. The minimum absolute atomic E-state index is 0.0859. The van der Waals surface area contributed by atoms with E-state index in [4.69, 9.17) is 18.9 Å². The van der Waals surface area contributed by atoms with Gasteiger partial charge in [0.05, 0.1) is 26.4 Å². The second-order valence-corrected chi connectivity index (χ2v) is 7.77. The van der Waals surface area contributed by atoms with Crippen LogP contribution in [0.3, 0.4) is 0 Å². The highest BCUT2D eigenvalue weighted by Gasteiger charge is 2.42. The minimum Gasteiger partial charge on any atom is -0.355 e. The maximum atomic E-state index is 12.8. The number of hydrogen-bond donors (Lipinski definition) is 0. The van der Waals surface area contributed by atoms with Gasteiger partial charge in [-0.2, -0.15) is 0 Å². The monoisotopic (exact) mass is 390 g/mol. The molecule has 0 unspecified atom stereocenters. The number of amides is 1. The summed E-state index contributed by atoms with van der Waals surface area (Å²) in [5, 5.41) is 8.50. The van der Waals surface area contributed by atoms with Gasteiger partial charge in [-0.15, -0.1) is 10.2 Å². The van der Waals surface area contributed by atoms with Crippen LogP contribution in [0.25, 0.3) is 0 Å². The zero-order chi connectivity index (χ0) is 19.0. The molecular formula is C19H26N4O5. The predicted octanol–water partition coefficient (Wildman–Crippen LogP) is 0.799. The van der Waals surface area contributed by atoms with Crippen molar-refractivity contribution in [2.45, 2.75) is 37.3 Å². The van der Waals surface area contributed by atoms with Crippen molar-refractivity contribution in [3.05, 3.63) is 17.8 Å². The predicted molar refractivity (Wildman–Crippen MR) is 97.9 cm³/mol. The Hall–Kier alpha value is -1.81. The van der Waals surface area contributed by atoms with Crippen LogP contribution in [0.2, 0.25) is 0 Å². The summed E-state index contributed by atoms with van der Waals surface area (Å²) >= 11 is 0. The van der Waals surface area contributed by atoms with Gasteiger partial charge in [-0.3, -0.25) is 4.79 Å². The molecule has 0 saturated carbocycles. The van der Waals surface area contributed by atoms with E-state index in [1.165, 1.54) is 0 Å². The molecule has 4 aliphatic rings. The number of carbonyl (C=O) groups is 1. The maximum absolute atomic E-state index is 12.8. The van der Waals surface area contributed by atoms with Crippen LogP contribution in [0.15, 0.2) is 12.1 Å². The summed E-state index contributed by atoms with van der Waals surface area (Å²) < 4.78 is 23.0. The third kappa shape index (κ3) is 3.36. The smallest absolute Gasteiger partial charge is 0.274 e. The fourth-order valence-corrected chi connectivity index (χ4v) is 4.47. The molecule has 152 valence electrons. The van der Waals surface area contributed by atoms with Gasteiger partial charge in [0.15, 0.2) is 23.1 Å². The van der Waals surface area contributed by atoms with E-state index in [2.05, 4.69) is 15.1 Å². The molecule has 0 N–H and O–H groups in total. The summed E-state index contributed by atoms with van der Waals surface area (Å²) in [6.45, 7) is 5.44. The van der Waals surface area contributed by atoms with Gasteiger partial charge < -0.3 is 28.7 Å². The van der Waals surface area contributed by atoms with E-state index >= 15 is 0 Å². The number of rotatable bonds is 2. The van der Waals surface area contributed by atoms with E-state index in [1.807, 2.05) is 6.07 Å². The van der Waals surface area contributed by atoms with Gasteiger partial charge >= 0.3 is 0 Å². The Morgan fingerprint density at radius 1 is 0.786 bits per heavy atom. The number of aromatic nitrogens is 2. The lowest BCUT2D eigenvalue weighted by atomic mass is 10.0. The van der Waals surface area contributed by atoms with Gasteiger partial charge in [-0.05, 0) is 12.1 Å². The molecule has 0 aliphatic carbocycles. The molecule has 1 aromatic heterocycles. The highest BCUT2D eigenvalue weighted by atomic mass is 16.7. The molecule has 0 radical (unpaired) electrons. The number of nitrogens with zero attached hydrogens (tertiary/aromatic N) is 4. The lowest BCUT2D eigenvalue weighted by Crippen LogP contribution is -2.47. The van der Waals surface area contributed by atoms with Gasteiger partial charge in [0, 0.05) is 51.9 Å². The Bertz CT molecular complexity index is 696. The van der Waals surface area contributed by atoms with Crippen LogP contribution in [-0.4, -0.2) is 85.2 Å². The number of likely N-dealkylation sites (tertiary alicyclic amines) is 1. The average molecular weight is 390 g/mol. The van der Waals surface area contributed by atoms with E-state index in [0.29, 0.717) is 58.1 Å². The first-order valence-corrected chi connectivity index (χ1v) is 10.1. The number of anilines is 1. The zero-order valence-electron chi connectivity index (χ0n) is 16.0. The number of piperidine rings is 2. The quantitative estimate of drug-likeness (QED) is 0.733. The van der Waals surface area contributed by atoms with Crippen LogP contribution in [0.1, 0.15) is 36.2 Å². The van der Waals surface area contributed by atoms with Crippen LogP contribution in [0.5, 0.6) is 0 Å². The van der Waals surface area contributed by atoms with Crippen molar-refractivity contribution < 1.29 is 23.7 Å². The Kier molecular flexibility index (Phi) is 4.70. The standard InChI is InChI=1S/C19H26N4O5/c24-17(23-9-5-19(6-10-23)27-13-14-28-19)15-1-2-16(21-20-15)22-7-3-18(4-8-22)25-11-12-26-18/h1-2H,3-14H2. The summed E-state index contributed by atoms with van der Waals surface area (Å²) in [6.07, 6.45) is 3.03. The summed E-state index contributed by atoms with van der Waals surface area (Å²) in [7, 11) is 0. The van der Waals surface area contributed by atoms with Crippen LogP contribution < -0.4 is 4.90 Å². The highest BCUT2D eigenvalue weighted by Crippen LogP contribution is 2.33. The molecule has 5 rings (SSSR count). The molecule has 2 spiro atoms. The summed E-state index contributed by atoms with van der Waals surface area (Å²) in [5.41, 5.74) is 0.379. The molecule has 9 nitrogen and oxygen atoms in total. The number of ether oxygens (including phenoxy) is 4. The van der Waals surface area contributed by atoms with Gasteiger partial charge in [0.1, 0.15) is 0 Å². The van der Waals surface area contributed by atoms with Gasteiger partial charge in [-0.1, -0.05) is 0 Å². The van der Waals surface area contributed by atoms with Crippen molar-refractivity contribution in [2.75, 3.05) is 57.5 Å². The molecule has 1 aromatic rings. The highest BCUT2D eigenvalue weighted by molar-refractivity contribution is 5.92. The fraction of sp³-hybridized carbons (Fsp3) is 0.737. The molecule has 0 aromatic carbocycles. The fourth-order valence-electron chi connectivity index (χ4n) is 4.47. The van der Waals surface area contributed by atoms with Crippen molar-refractivity contribution in [3.63, 3.8) is 0 Å². The Morgan fingerprint density at radius 3 is 1.82 bits per heavy atom. The van der Waals surface area contributed by atoms with Crippen molar-refractivity contribution in [2.24, 2.45) is 0 Å². The Balaban J connectivity index is 1.18. The van der Waals surface area contributed by atoms with Gasteiger partial charge in [0.2, 0.25) is 0 Å². The molecule has 5 heterocycles. The van der Waals surface area contributed by atoms with E-state index in [9.17, 15) is 4.79 Å². The van der Waals surface area contributed by atoms with Crippen molar-refractivity contribution >= 4 is 11.7 Å². The van der Waals surface area contributed by atoms with Crippen molar-refractivity contribution in [3.8, 4) is 0 Å². The van der Waals surface area contributed by atoms with E-state index in [1.54, 1.807) is 11.0 Å². The molecule has 4 fully saturated rings. The Morgan fingerprint density at radius 2 is 1.32 bits per heavy atom. The first-order chi connectivity index (χ1) is 13.7. The maximum Gasteiger partial charge on any atom is 0.274 e. The van der Waals surface area contributed by atoms with Crippen molar-refractivity contribution in [1.29, 1.82) is 0 Å². The normalized spacial score (nSPS) is 26.3. The lowest BCUT2D eigenvalue weighted by Gasteiger charge is -2.38. The average Bonchev–Trinajstić information content (AvgIpc) is 3.39. The van der Waals surface area contributed by atoms with Crippen LogP contribution in [0.4, 0.5) is 5.82 Å². The second kappa shape index (κ2) is 7.22. The van der Waals surface area contributed by atoms with Gasteiger partial charge in [0.25, 0.3) is 5.91 Å². The first-order valence-electron chi connectivity index (χ1n) is 10.1. The molecule has 1 amide bonds. The molecule has 0 atom stereocenters. The summed E-state index contributed by atoms with van der Waals surface area (Å²) in [6, 6.07) is 3.65. The first kappa shape index (κ1) is 18.2. The van der Waals surface area contributed by atoms with Crippen LogP contribution >= 0.6 is 0 Å². The van der Waals surface area contributed by atoms with Crippen molar-refractivity contribution in [1.82, 2.24) is 15.1 Å². The van der Waals surface area contributed by atoms with E-state index in [-0.39, 0.29) is 5.91 Å². The topological polar surface area (TPSA) is 86.3 Å². The molecule has 9 heteroatoms. The number of hydrogen-bond acceptors (Lipinski definition) is 8. The lowest BCUT2D eigenvalue weighted by molar-refractivity contribution is -0.181. The summed E-state index contributed by atoms with van der Waals surface area (Å²) in [4.78, 5) is 16.7. The number of carbonyl (C=O) groups excluding carboxylic acids is 1. The zero-order valence-corrected chi connectivity index (χ0v) is 16.0. The van der Waals surface area contributed by atoms with Crippen LogP contribution in [-0.2, 0) is 18.9 Å². The van der Waals surface area contributed by atoms with E-state index < -0.39 is 11.6 Å². The molecule has 0 bridgehead atoms. The summed E-state index contributed by atoms with van der Waals surface area (Å²) in [5.74, 6) is -0.185. The minimum atomic E-state index is -0.481. The molecule has 4 saturated heterocycles. The Labute approximate surface area is 163 Å². The van der Waals surface area contributed by atoms with Gasteiger partial charge in [-0.25, -0.2) is 0 Å². The third-order valence-corrected chi connectivity index (χ3v) is 6.16. The SMILES string of the molecule is O=C(c1ccc(N2CCC3(CC2)OCCO3)nn1)N1CCC2(CC1)OCCO2.